The molecule has 2 N–H and O–H groups in total. The van der Waals surface area contributed by atoms with Crippen LogP contribution in [0.2, 0.25) is 0 Å². The van der Waals surface area contributed by atoms with Gasteiger partial charge in [-0.25, -0.2) is 4.98 Å². The summed E-state index contributed by atoms with van der Waals surface area (Å²) >= 11 is 1.89. The highest BCUT2D eigenvalue weighted by atomic mass is 32.2. The van der Waals surface area contributed by atoms with Gasteiger partial charge in [0.15, 0.2) is 0 Å². The molecular formula is C12H20N4OS. The second kappa shape index (κ2) is 6.22. The average Bonchev–Trinajstić information content (AvgIpc) is 3.07. The second-order valence-corrected chi connectivity index (χ2v) is 6.07. The molecule has 0 radical (unpaired) electrons. The van der Waals surface area contributed by atoms with Gasteiger partial charge in [0.2, 0.25) is 5.82 Å². The first-order valence-electron chi connectivity index (χ1n) is 6.51. The van der Waals surface area contributed by atoms with Crippen LogP contribution in [0.15, 0.2) is 0 Å². The van der Waals surface area contributed by atoms with E-state index in [1.165, 1.54) is 0 Å². The molecule has 6 heteroatoms. The standard InChI is InChI=1S/C12H20N4OS/c1-3-18-7-6-8(2)13-12(17)11-14-10(15-16-11)9-4-5-9/h8-9H,3-7H2,1-2H3,(H,13,17)(H,14,15,16). The normalized spacial score (nSPS) is 16.6. The summed E-state index contributed by atoms with van der Waals surface area (Å²) in [6.07, 6.45) is 3.28. The number of hydrogen-bond acceptors (Lipinski definition) is 4. The van der Waals surface area contributed by atoms with E-state index in [4.69, 9.17) is 0 Å². The number of carbonyl (C=O) groups excluding carboxylic acids is 1. The first-order valence-corrected chi connectivity index (χ1v) is 7.67. The molecule has 2 rings (SSSR count). The maximum atomic E-state index is 11.9. The molecule has 18 heavy (non-hydrogen) atoms. The smallest absolute Gasteiger partial charge is 0.291 e. The van der Waals surface area contributed by atoms with Crippen LogP contribution in [-0.2, 0) is 0 Å². The Labute approximate surface area is 112 Å². The topological polar surface area (TPSA) is 70.7 Å². The summed E-state index contributed by atoms with van der Waals surface area (Å²) in [4.78, 5) is 16.1. The lowest BCUT2D eigenvalue weighted by atomic mass is 10.2. The SMILES string of the molecule is CCSCCC(C)NC(=O)c1n[nH]c(C2CC2)n1. The Morgan fingerprint density at radius 1 is 1.61 bits per heavy atom. The van der Waals surface area contributed by atoms with Crippen LogP contribution in [0.1, 0.15) is 55.5 Å². The molecule has 100 valence electrons. The molecule has 1 fully saturated rings. The van der Waals surface area contributed by atoms with Gasteiger partial charge in [-0.1, -0.05) is 6.92 Å². The third kappa shape index (κ3) is 3.73. The van der Waals surface area contributed by atoms with Crippen LogP contribution >= 0.6 is 11.8 Å². The van der Waals surface area contributed by atoms with Crippen molar-refractivity contribution in [1.29, 1.82) is 0 Å². The number of rotatable bonds is 7. The molecule has 0 bridgehead atoms. The summed E-state index contributed by atoms with van der Waals surface area (Å²) in [5, 5.41) is 9.75. The Kier molecular flexibility index (Phi) is 4.63. The van der Waals surface area contributed by atoms with Gasteiger partial charge in [0.05, 0.1) is 0 Å². The lowest BCUT2D eigenvalue weighted by molar-refractivity contribution is 0.0929. The first-order chi connectivity index (χ1) is 8.70. The molecule has 5 nitrogen and oxygen atoms in total. The van der Waals surface area contributed by atoms with Crippen LogP contribution in [0.5, 0.6) is 0 Å². The minimum atomic E-state index is -0.174. The van der Waals surface area contributed by atoms with Gasteiger partial charge >= 0.3 is 0 Å². The zero-order valence-corrected chi connectivity index (χ0v) is 11.7. The van der Waals surface area contributed by atoms with Gasteiger partial charge in [-0.15, -0.1) is 5.10 Å². The molecule has 1 saturated carbocycles. The molecule has 1 atom stereocenters. The number of amides is 1. The van der Waals surface area contributed by atoms with Crippen LogP contribution in [0.3, 0.4) is 0 Å². The van der Waals surface area contributed by atoms with Crippen molar-refractivity contribution in [3.8, 4) is 0 Å². The highest BCUT2D eigenvalue weighted by Gasteiger charge is 2.28. The fourth-order valence-electron chi connectivity index (χ4n) is 1.68. The number of aromatic nitrogens is 3. The predicted octanol–water partition coefficient (Wildman–Crippen LogP) is 1.94. The van der Waals surface area contributed by atoms with Gasteiger partial charge < -0.3 is 5.32 Å². The molecular weight excluding hydrogens is 248 g/mol. The molecule has 0 aliphatic heterocycles. The largest absolute Gasteiger partial charge is 0.347 e. The van der Waals surface area contributed by atoms with E-state index in [0.717, 1.165) is 36.6 Å². The van der Waals surface area contributed by atoms with Gasteiger partial charge in [0, 0.05) is 12.0 Å². The molecule has 1 aromatic rings. The van der Waals surface area contributed by atoms with Crippen LogP contribution in [0, 0.1) is 0 Å². The van der Waals surface area contributed by atoms with E-state index in [1.807, 2.05) is 18.7 Å². The third-order valence-electron chi connectivity index (χ3n) is 2.95. The highest BCUT2D eigenvalue weighted by molar-refractivity contribution is 7.99. The van der Waals surface area contributed by atoms with E-state index in [0.29, 0.717) is 5.92 Å². The lowest BCUT2D eigenvalue weighted by Crippen LogP contribution is -2.33. The summed E-state index contributed by atoms with van der Waals surface area (Å²) in [5.74, 6) is 3.64. The molecule has 1 unspecified atom stereocenters. The summed E-state index contributed by atoms with van der Waals surface area (Å²) in [6, 6.07) is 0.166. The van der Waals surface area contributed by atoms with Crippen molar-refractivity contribution >= 4 is 17.7 Å². The molecule has 0 aromatic carbocycles. The Balaban J connectivity index is 1.78. The van der Waals surface area contributed by atoms with Crippen molar-refractivity contribution in [1.82, 2.24) is 20.5 Å². The first kappa shape index (κ1) is 13.4. The maximum absolute atomic E-state index is 11.9. The van der Waals surface area contributed by atoms with Crippen LogP contribution in [-0.4, -0.2) is 38.6 Å². The number of nitrogens with zero attached hydrogens (tertiary/aromatic N) is 2. The van der Waals surface area contributed by atoms with E-state index in [-0.39, 0.29) is 17.8 Å². The van der Waals surface area contributed by atoms with Crippen LogP contribution in [0.25, 0.3) is 0 Å². The van der Waals surface area contributed by atoms with E-state index >= 15 is 0 Å². The fourth-order valence-corrected chi connectivity index (χ4v) is 2.49. The Morgan fingerprint density at radius 3 is 3.06 bits per heavy atom. The van der Waals surface area contributed by atoms with E-state index in [9.17, 15) is 4.79 Å². The Bertz CT molecular complexity index is 403. The summed E-state index contributed by atoms with van der Waals surface area (Å²) in [7, 11) is 0. The molecule has 1 aliphatic carbocycles. The molecule has 1 heterocycles. The molecule has 1 aromatic heterocycles. The van der Waals surface area contributed by atoms with Crippen molar-refractivity contribution < 1.29 is 4.79 Å². The minimum absolute atomic E-state index is 0.166. The molecule has 0 spiro atoms. The molecule has 1 aliphatic rings. The van der Waals surface area contributed by atoms with Gasteiger partial charge in [-0.2, -0.15) is 11.8 Å². The van der Waals surface area contributed by atoms with Gasteiger partial charge in [0.1, 0.15) is 5.82 Å². The number of nitrogens with one attached hydrogen (secondary N) is 2. The van der Waals surface area contributed by atoms with Crippen molar-refractivity contribution in [2.45, 2.75) is 45.1 Å². The third-order valence-corrected chi connectivity index (χ3v) is 3.88. The molecule has 1 amide bonds. The van der Waals surface area contributed by atoms with Crippen molar-refractivity contribution in [3.63, 3.8) is 0 Å². The number of carbonyl (C=O) groups is 1. The monoisotopic (exact) mass is 268 g/mol. The van der Waals surface area contributed by atoms with Crippen molar-refractivity contribution in [3.05, 3.63) is 11.6 Å². The second-order valence-electron chi connectivity index (χ2n) is 4.68. The van der Waals surface area contributed by atoms with Gasteiger partial charge in [0.25, 0.3) is 5.91 Å². The Hall–Kier alpha value is -1.04. The predicted molar refractivity (Wildman–Crippen MR) is 72.9 cm³/mol. The maximum Gasteiger partial charge on any atom is 0.291 e. The van der Waals surface area contributed by atoms with E-state index in [1.54, 1.807) is 0 Å². The number of H-pyrrole nitrogens is 1. The summed E-state index contributed by atoms with van der Waals surface area (Å²) in [5.41, 5.74) is 0. The summed E-state index contributed by atoms with van der Waals surface area (Å²) in [6.45, 7) is 4.16. The zero-order chi connectivity index (χ0) is 13.0. The highest BCUT2D eigenvalue weighted by Crippen LogP contribution is 2.37. The summed E-state index contributed by atoms with van der Waals surface area (Å²) < 4.78 is 0. The van der Waals surface area contributed by atoms with Gasteiger partial charge in [-0.05, 0) is 37.7 Å². The number of thioether (sulfide) groups is 1. The number of hydrogen-bond donors (Lipinski definition) is 2. The van der Waals surface area contributed by atoms with Crippen LogP contribution < -0.4 is 5.32 Å². The number of aromatic amines is 1. The quantitative estimate of drug-likeness (QED) is 0.741. The van der Waals surface area contributed by atoms with E-state index < -0.39 is 0 Å². The minimum Gasteiger partial charge on any atom is -0.347 e. The zero-order valence-electron chi connectivity index (χ0n) is 10.9. The van der Waals surface area contributed by atoms with E-state index in [2.05, 4.69) is 27.4 Å². The van der Waals surface area contributed by atoms with Crippen molar-refractivity contribution in [2.24, 2.45) is 0 Å². The molecule has 0 saturated heterocycles. The lowest BCUT2D eigenvalue weighted by Gasteiger charge is -2.11. The van der Waals surface area contributed by atoms with Gasteiger partial charge in [-0.3, -0.25) is 9.89 Å². The van der Waals surface area contributed by atoms with Crippen molar-refractivity contribution in [2.75, 3.05) is 11.5 Å². The van der Waals surface area contributed by atoms with Crippen LogP contribution in [0.4, 0.5) is 0 Å². The Morgan fingerprint density at radius 2 is 2.39 bits per heavy atom. The average molecular weight is 268 g/mol. The fraction of sp³-hybridized carbons (Fsp3) is 0.750.